The van der Waals surface area contributed by atoms with Crippen LogP contribution in [0.4, 0.5) is 0 Å². The number of hydrogen-bond acceptors (Lipinski definition) is 4. The van der Waals surface area contributed by atoms with Crippen molar-refractivity contribution in [2.75, 3.05) is 14.2 Å². The van der Waals surface area contributed by atoms with Crippen LogP contribution in [0, 0.1) is 0 Å². The summed E-state index contributed by atoms with van der Waals surface area (Å²) in [6.07, 6.45) is 0. The van der Waals surface area contributed by atoms with E-state index in [2.05, 4.69) is 0 Å². The molecule has 0 atom stereocenters. The van der Waals surface area contributed by atoms with E-state index in [9.17, 15) is 9.59 Å². The Hall–Kier alpha value is -3.66. The first-order valence-corrected chi connectivity index (χ1v) is 8.86. The summed E-state index contributed by atoms with van der Waals surface area (Å²) in [4.78, 5) is 25.6. The molecule has 0 saturated heterocycles. The molecule has 0 aliphatic rings. The highest BCUT2D eigenvalue weighted by Crippen LogP contribution is 2.32. The summed E-state index contributed by atoms with van der Waals surface area (Å²) >= 11 is 0. The Morgan fingerprint density at radius 1 is 0.607 bits per heavy atom. The van der Waals surface area contributed by atoms with E-state index in [1.807, 2.05) is 48.5 Å². The van der Waals surface area contributed by atoms with Gasteiger partial charge < -0.3 is 9.47 Å². The zero-order valence-corrected chi connectivity index (χ0v) is 15.6. The average molecular weight is 370 g/mol. The fraction of sp³-hybridized carbons (Fsp3) is 0.0833. The van der Waals surface area contributed by atoms with Gasteiger partial charge in [-0.15, -0.1) is 0 Å². The maximum absolute atomic E-state index is 13.5. The van der Waals surface area contributed by atoms with Crippen LogP contribution in [0.3, 0.4) is 0 Å². The molecule has 0 saturated carbocycles. The number of fused-ring (bicyclic) bond motifs is 2. The van der Waals surface area contributed by atoms with Gasteiger partial charge in [-0.3, -0.25) is 4.79 Å². The molecule has 4 nitrogen and oxygen atoms in total. The molecule has 0 radical (unpaired) electrons. The second-order valence-electron chi connectivity index (χ2n) is 6.39. The minimum absolute atomic E-state index is 0.105. The van der Waals surface area contributed by atoms with E-state index < -0.39 is 5.97 Å². The molecule has 4 heteroatoms. The molecule has 0 bridgehead atoms. The molecule has 138 valence electrons. The van der Waals surface area contributed by atoms with Gasteiger partial charge in [-0.25, -0.2) is 4.79 Å². The number of carbonyl (C=O) groups is 2. The zero-order valence-electron chi connectivity index (χ0n) is 15.6. The second kappa shape index (κ2) is 7.16. The monoisotopic (exact) mass is 370 g/mol. The van der Waals surface area contributed by atoms with Crippen molar-refractivity contribution in [1.82, 2.24) is 0 Å². The number of rotatable bonds is 4. The van der Waals surface area contributed by atoms with Gasteiger partial charge in [0.2, 0.25) is 0 Å². The Bertz CT molecular complexity index is 1220. The molecule has 0 aromatic heterocycles. The molecule has 0 aliphatic carbocycles. The predicted molar refractivity (Wildman–Crippen MR) is 109 cm³/mol. The molecule has 0 amide bonds. The van der Waals surface area contributed by atoms with Crippen LogP contribution >= 0.6 is 0 Å². The van der Waals surface area contributed by atoms with Gasteiger partial charge in [0.1, 0.15) is 5.75 Å². The standard InChI is InChI=1S/C24H18O4/c1-27-22-14-13-20(17-9-5-6-10-18(17)22)23(25)19-11-12-21(24(26)28-2)16-8-4-3-7-15(16)19/h3-14H,1-2H3. The van der Waals surface area contributed by atoms with Gasteiger partial charge in [-0.05, 0) is 40.4 Å². The van der Waals surface area contributed by atoms with Crippen molar-refractivity contribution >= 4 is 33.3 Å². The molecule has 0 spiro atoms. The molecule has 0 unspecified atom stereocenters. The lowest BCUT2D eigenvalue weighted by molar-refractivity contribution is 0.0602. The highest BCUT2D eigenvalue weighted by atomic mass is 16.5. The van der Waals surface area contributed by atoms with Gasteiger partial charge in [0.15, 0.2) is 5.78 Å². The Kier molecular flexibility index (Phi) is 4.53. The quantitative estimate of drug-likeness (QED) is 0.374. The number of carbonyl (C=O) groups excluding carboxylic acids is 2. The lowest BCUT2D eigenvalue weighted by atomic mass is 9.92. The minimum atomic E-state index is -0.426. The Labute approximate surface area is 162 Å². The highest BCUT2D eigenvalue weighted by Gasteiger charge is 2.19. The summed E-state index contributed by atoms with van der Waals surface area (Å²) in [7, 11) is 2.96. The van der Waals surface area contributed by atoms with Crippen molar-refractivity contribution in [2.45, 2.75) is 0 Å². The molecule has 0 fully saturated rings. The van der Waals surface area contributed by atoms with Crippen molar-refractivity contribution in [2.24, 2.45) is 0 Å². The summed E-state index contributed by atoms with van der Waals surface area (Å²) in [6, 6.07) is 22.0. The SMILES string of the molecule is COC(=O)c1ccc(C(=O)c2ccc(OC)c3ccccc23)c2ccccc12. The minimum Gasteiger partial charge on any atom is -0.496 e. The van der Waals surface area contributed by atoms with E-state index in [4.69, 9.17) is 9.47 Å². The van der Waals surface area contributed by atoms with E-state index in [1.165, 1.54) is 7.11 Å². The lowest BCUT2D eigenvalue weighted by Crippen LogP contribution is -2.07. The van der Waals surface area contributed by atoms with Crippen molar-refractivity contribution in [3.05, 3.63) is 89.5 Å². The highest BCUT2D eigenvalue weighted by molar-refractivity contribution is 6.23. The summed E-state index contributed by atoms with van der Waals surface area (Å²) in [6.45, 7) is 0. The molecule has 4 rings (SSSR count). The van der Waals surface area contributed by atoms with Gasteiger partial charge in [0.05, 0.1) is 19.8 Å². The van der Waals surface area contributed by atoms with E-state index in [0.717, 1.165) is 21.9 Å². The maximum atomic E-state index is 13.5. The molecule has 4 aromatic carbocycles. The van der Waals surface area contributed by atoms with Gasteiger partial charge >= 0.3 is 5.97 Å². The van der Waals surface area contributed by atoms with E-state index >= 15 is 0 Å². The zero-order chi connectivity index (χ0) is 19.7. The maximum Gasteiger partial charge on any atom is 0.338 e. The normalized spacial score (nSPS) is 10.8. The molecule has 0 heterocycles. The fourth-order valence-electron chi connectivity index (χ4n) is 3.58. The first-order chi connectivity index (χ1) is 13.7. The average Bonchev–Trinajstić information content (AvgIpc) is 2.76. The number of ketones is 1. The Morgan fingerprint density at radius 3 is 1.64 bits per heavy atom. The summed E-state index contributed by atoms with van der Waals surface area (Å²) in [5.74, 6) is 0.189. The van der Waals surface area contributed by atoms with Crippen molar-refractivity contribution < 1.29 is 19.1 Å². The third-order valence-electron chi connectivity index (χ3n) is 4.92. The van der Waals surface area contributed by atoms with Crippen LogP contribution in [0.25, 0.3) is 21.5 Å². The van der Waals surface area contributed by atoms with Crippen LogP contribution in [-0.2, 0) is 4.74 Å². The van der Waals surface area contributed by atoms with Crippen molar-refractivity contribution in [3.63, 3.8) is 0 Å². The Balaban J connectivity index is 1.94. The van der Waals surface area contributed by atoms with Gasteiger partial charge in [-0.1, -0.05) is 48.5 Å². The van der Waals surface area contributed by atoms with Crippen molar-refractivity contribution in [1.29, 1.82) is 0 Å². The molecular weight excluding hydrogens is 352 g/mol. The van der Waals surface area contributed by atoms with Crippen LogP contribution in [-0.4, -0.2) is 26.0 Å². The lowest BCUT2D eigenvalue weighted by Gasteiger charge is -2.12. The summed E-state index contributed by atoms with van der Waals surface area (Å²) < 4.78 is 10.3. The first kappa shape index (κ1) is 17.7. The number of ether oxygens (including phenoxy) is 2. The van der Waals surface area contributed by atoms with Crippen molar-refractivity contribution in [3.8, 4) is 5.75 Å². The first-order valence-electron chi connectivity index (χ1n) is 8.86. The second-order valence-corrected chi connectivity index (χ2v) is 6.39. The smallest absolute Gasteiger partial charge is 0.338 e. The molecule has 4 aromatic rings. The fourth-order valence-corrected chi connectivity index (χ4v) is 3.58. The van der Waals surface area contributed by atoms with Crippen LogP contribution in [0.5, 0.6) is 5.75 Å². The summed E-state index contributed by atoms with van der Waals surface area (Å²) in [5.41, 5.74) is 1.57. The topological polar surface area (TPSA) is 52.6 Å². The predicted octanol–water partition coefficient (Wildman–Crippen LogP) is 5.02. The molecular formula is C24H18O4. The van der Waals surface area contributed by atoms with Crippen LogP contribution < -0.4 is 4.74 Å². The van der Waals surface area contributed by atoms with Crippen LogP contribution in [0.2, 0.25) is 0 Å². The van der Waals surface area contributed by atoms with Crippen LogP contribution in [0.1, 0.15) is 26.3 Å². The third kappa shape index (κ3) is 2.79. The largest absolute Gasteiger partial charge is 0.496 e. The van der Waals surface area contributed by atoms with E-state index in [1.54, 1.807) is 31.4 Å². The molecule has 0 aliphatic heterocycles. The van der Waals surface area contributed by atoms with Gasteiger partial charge in [-0.2, -0.15) is 0 Å². The van der Waals surface area contributed by atoms with E-state index in [0.29, 0.717) is 22.1 Å². The number of benzene rings is 4. The number of hydrogen-bond donors (Lipinski definition) is 0. The number of esters is 1. The molecule has 28 heavy (non-hydrogen) atoms. The summed E-state index contributed by atoms with van der Waals surface area (Å²) in [5, 5.41) is 3.12. The molecule has 0 N–H and O–H groups in total. The van der Waals surface area contributed by atoms with Gasteiger partial charge in [0.25, 0.3) is 0 Å². The van der Waals surface area contributed by atoms with E-state index in [-0.39, 0.29) is 5.78 Å². The number of methoxy groups -OCH3 is 2. The van der Waals surface area contributed by atoms with Gasteiger partial charge in [0, 0.05) is 16.5 Å². The van der Waals surface area contributed by atoms with Crippen LogP contribution in [0.15, 0.2) is 72.8 Å². The third-order valence-corrected chi connectivity index (χ3v) is 4.92. The Morgan fingerprint density at radius 2 is 1.07 bits per heavy atom.